The molecule has 1 heteroatoms. The third-order valence-electron chi connectivity index (χ3n) is 1.86. The van der Waals surface area contributed by atoms with Gasteiger partial charge in [0.2, 0.25) is 0 Å². The Bertz CT molecular complexity index is 66.8. The molecule has 1 saturated carbocycles. The van der Waals surface area contributed by atoms with Crippen molar-refractivity contribution < 1.29 is 4.74 Å². The second-order valence-electron chi connectivity index (χ2n) is 2.77. The van der Waals surface area contributed by atoms with Gasteiger partial charge in [-0.2, -0.15) is 0 Å². The molecule has 0 unspecified atom stereocenters. The second kappa shape index (κ2) is 2.49. The van der Waals surface area contributed by atoms with E-state index in [-0.39, 0.29) is 0 Å². The Morgan fingerprint density at radius 3 is 2.62 bits per heavy atom. The molecule has 0 aromatic carbocycles. The van der Waals surface area contributed by atoms with E-state index in [0.717, 1.165) is 18.4 Å². The van der Waals surface area contributed by atoms with Gasteiger partial charge in [-0.3, -0.25) is 0 Å². The zero-order valence-corrected chi connectivity index (χ0v) is 5.68. The molecule has 0 radical (unpaired) electrons. The number of hydrogen-bond donors (Lipinski definition) is 0. The van der Waals surface area contributed by atoms with Crippen LogP contribution < -0.4 is 0 Å². The average Bonchev–Trinajstić information content (AvgIpc) is 2.45. The lowest BCUT2D eigenvalue weighted by Gasteiger charge is -2.05. The lowest BCUT2D eigenvalue weighted by Crippen LogP contribution is -2.04. The minimum Gasteiger partial charge on any atom is -0.384 e. The van der Waals surface area contributed by atoms with Crippen LogP contribution in [-0.4, -0.2) is 13.7 Å². The maximum absolute atomic E-state index is 5.00. The van der Waals surface area contributed by atoms with E-state index in [2.05, 4.69) is 6.92 Å². The number of ether oxygens (including phenoxy) is 1. The van der Waals surface area contributed by atoms with Gasteiger partial charge in [0.1, 0.15) is 0 Å². The number of rotatable bonds is 3. The Kier molecular flexibility index (Phi) is 1.90. The molecule has 0 aromatic heterocycles. The topological polar surface area (TPSA) is 9.23 Å². The first-order chi connectivity index (χ1) is 3.84. The summed E-state index contributed by atoms with van der Waals surface area (Å²) in [6.07, 6.45) is 2.87. The molecule has 1 atom stereocenters. The van der Waals surface area contributed by atoms with Crippen molar-refractivity contribution in [1.82, 2.24) is 0 Å². The molecule has 0 amide bonds. The van der Waals surface area contributed by atoms with Crippen LogP contribution in [0, 0.1) is 11.8 Å². The molecule has 0 aromatic rings. The van der Waals surface area contributed by atoms with E-state index in [1.807, 2.05) is 0 Å². The smallest absolute Gasteiger partial charge is 0.0490 e. The van der Waals surface area contributed by atoms with Crippen molar-refractivity contribution in [2.24, 2.45) is 11.8 Å². The second-order valence-corrected chi connectivity index (χ2v) is 2.77. The first kappa shape index (κ1) is 6.09. The van der Waals surface area contributed by atoms with E-state index < -0.39 is 0 Å². The highest BCUT2D eigenvalue weighted by atomic mass is 16.5. The number of hydrogen-bond acceptors (Lipinski definition) is 1. The van der Waals surface area contributed by atoms with E-state index in [9.17, 15) is 0 Å². The number of methoxy groups -OCH3 is 1. The van der Waals surface area contributed by atoms with Gasteiger partial charge in [-0.1, -0.05) is 6.92 Å². The van der Waals surface area contributed by atoms with Crippen molar-refractivity contribution in [1.29, 1.82) is 0 Å². The highest BCUT2D eigenvalue weighted by Gasteiger charge is 2.27. The molecule has 1 fully saturated rings. The van der Waals surface area contributed by atoms with Crippen LogP contribution in [0.3, 0.4) is 0 Å². The highest BCUT2D eigenvalue weighted by molar-refractivity contribution is 4.77. The van der Waals surface area contributed by atoms with E-state index in [4.69, 9.17) is 4.74 Å². The standard InChI is InChI=1S/C7H14O/c1-6(5-8-2)7-3-4-7/h6-7H,3-5H2,1-2H3/t6-/m0/s1. The average molecular weight is 114 g/mol. The quantitative estimate of drug-likeness (QED) is 0.542. The van der Waals surface area contributed by atoms with Crippen molar-refractivity contribution in [2.45, 2.75) is 19.8 Å². The summed E-state index contributed by atoms with van der Waals surface area (Å²) in [5, 5.41) is 0. The predicted octanol–water partition coefficient (Wildman–Crippen LogP) is 1.68. The molecule has 0 spiro atoms. The van der Waals surface area contributed by atoms with Crippen LogP contribution in [0.4, 0.5) is 0 Å². The van der Waals surface area contributed by atoms with Gasteiger partial charge < -0.3 is 4.74 Å². The predicted molar refractivity (Wildman–Crippen MR) is 33.8 cm³/mol. The zero-order valence-electron chi connectivity index (χ0n) is 5.68. The Balaban J connectivity index is 2.03. The molecule has 1 nitrogen and oxygen atoms in total. The maximum Gasteiger partial charge on any atom is 0.0490 e. The van der Waals surface area contributed by atoms with E-state index in [1.54, 1.807) is 7.11 Å². The first-order valence-electron chi connectivity index (χ1n) is 3.33. The fraction of sp³-hybridized carbons (Fsp3) is 1.00. The third-order valence-corrected chi connectivity index (χ3v) is 1.86. The van der Waals surface area contributed by atoms with Crippen LogP contribution in [0.25, 0.3) is 0 Å². The fourth-order valence-electron chi connectivity index (χ4n) is 1.06. The molecule has 1 rings (SSSR count). The van der Waals surface area contributed by atoms with Crippen molar-refractivity contribution in [3.8, 4) is 0 Å². The summed E-state index contributed by atoms with van der Waals surface area (Å²) in [6, 6.07) is 0. The molecule has 0 bridgehead atoms. The maximum atomic E-state index is 5.00. The SMILES string of the molecule is COC[C@H](C)C1CC1. The van der Waals surface area contributed by atoms with Crippen LogP contribution >= 0.6 is 0 Å². The van der Waals surface area contributed by atoms with Gasteiger partial charge in [0.05, 0.1) is 0 Å². The summed E-state index contributed by atoms with van der Waals surface area (Å²) >= 11 is 0. The highest BCUT2D eigenvalue weighted by Crippen LogP contribution is 2.36. The van der Waals surface area contributed by atoms with Crippen molar-refractivity contribution in [2.75, 3.05) is 13.7 Å². The Morgan fingerprint density at radius 2 is 2.25 bits per heavy atom. The molecule has 0 N–H and O–H groups in total. The van der Waals surface area contributed by atoms with Crippen molar-refractivity contribution >= 4 is 0 Å². The zero-order chi connectivity index (χ0) is 5.98. The molecule has 0 heterocycles. The van der Waals surface area contributed by atoms with E-state index >= 15 is 0 Å². The van der Waals surface area contributed by atoms with Crippen LogP contribution in [0.2, 0.25) is 0 Å². The fourth-order valence-corrected chi connectivity index (χ4v) is 1.06. The van der Waals surface area contributed by atoms with Gasteiger partial charge in [-0.15, -0.1) is 0 Å². The lowest BCUT2D eigenvalue weighted by molar-refractivity contribution is 0.150. The molecule has 48 valence electrons. The summed E-state index contributed by atoms with van der Waals surface area (Å²) in [4.78, 5) is 0. The van der Waals surface area contributed by atoms with Gasteiger partial charge in [0, 0.05) is 13.7 Å². The summed E-state index contributed by atoms with van der Waals surface area (Å²) in [5.74, 6) is 1.80. The Hall–Kier alpha value is -0.0400. The van der Waals surface area contributed by atoms with Crippen LogP contribution in [0.1, 0.15) is 19.8 Å². The minimum atomic E-state index is 0.806. The van der Waals surface area contributed by atoms with Gasteiger partial charge in [-0.25, -0.2) is 0 Å². The van der Waals surface area contributed by atoms with Crippen molar-refractivity contribution in [3.05, 3.63) is 0 Å². The normalized spacial score (nSPS) is 23.2. The molecule has 1 aliphatic rings. The lowest BCUT2D eigenvalue weighted by atomic mass is 10.1. The summed E-state index contributed by atoms with van der Waals surface area (Å²) < 4.78 is 5.00. The van der Waals surface area contributed by atoms with Gasteiger partial charge in [0.15, 0.2) is 0 Å². The van der Waals surface area contributed by atoms with Crippen molar-refractivity contribution in [3.63, 3.8) is 0 Å². The third kappa shape index (κ3) is 1.48. The van der Waals surface area contributed by atoms with Crippen LogP contribution in [-0.2, 0) is 4.74 Å². The van der Waals surface area contributed by atoms with Gasteiger partial charge in [0.25, 0.3) is 0 Å². The molecule has 0 saturated heterocycles. The van der Waals surface area contributed by atoms with Gasteiger partial charge >= 0.3 is 0 Å². The monoisotopic (exact) mass is 114 g/mol. The summed E-state index contributed by atoms with van der Waals surface area (Å²) in [7, 11) is 1.78. The summed E-state index contributed by atoms with van der Waals surface area (Å²) in [5.41, 5.74) is 0. The first-order valence-corrected chi connectivity index (χ1v) is 3.33. The Labute approximate surface area is 51.0 Å². The minimum absolute atomic E-state index is 0.806. The molecular weight excluding hydrogens is 100 g/mol. The molecular formula is C7H14O. The molecule has 0 aliphatic heterocycles. The van der Waals surface area contributed by atoms with E-state index in [1.165, 1.54) is 12.8 Å². The largest absolute Gasteiger partial charge is 0.384 e. The molecule has 8 heavy (non-hydrogen) atoms. The van der Waals surface area contributed by atoms with E-state index in [0.29, 0.717) is 0 Å². The van der Waals surface area contributed by atoms with Gasteiger partial charge in [-0.05, 0) is 24.7 Å². The van der Waals surface area contributed by atoms with Crippen LogP contribution in [0.15, 0.2) is 0 Å². The molecule has 1 aliphatic carbocycles. The summed E-state index contributed by atoms with van der Waals surface area (Å²) in [6.45, 7) is 3.21. The van der Waals surface area contributed by atoms with Crippen LogP contribution in [0.5, 0.6) is 0 Å². The Morgan fingerprint density at radius 1 is 1.62 bits per heavy atom.